The van der Waals surface area contributed by atoms with E-state index in [1.807, 2.05) is 17.0 Å². The van der Waals surface area contributed by atoms with Crippen LogP contribution in [0.4, 0.5) is 4.79 Å². The van der Waals surface area contributed by atoms with Crippen LogP contribution >= 0.6 is 0 Å². The van der Waals surface area contributed by atoms with E-state index in [1.54, 1.807) is 7.11 Å². The van der Waals surface area contributed by atoms with E-state index in [0.717, 1.165) is 54.7 Å². The number of nitrogens with zero attached hydrogens (tertiary/aromatic N) is 1. The van der Waals surface area contributed by atoms with Crippen LogP contribution in [-0.2, 0) is 11.3 Å². The molecule has 1 aliphatic heterocycles. The maximum atomic E-state index is 12.3. The number of hydrogen-bond acceptors (Lipinski definition) is 3. The third-order valence-electron chi connectivity index (χ3n) is 5.56. The molecule has 1 amide bonds. The second-order valence-electron chi connectivity index (χ2n) is 7.39. The van der Waals surface area contributed by atoms with Crippen molar-refractivity contribution in [3.8, 4) is 16.9 Å². The summed E-state index contributed by atoms with van der Waals surface area (Å²) in [5, 5.41) is 0. The molecule has 0 atom stereocenters. The zero-order chi connectivity index (χ0) is 18.0. The first kappa shape index (κ1) is 17.0. The zero-order valence-corrected chi connectivity index (χ0v) is 15.2. The first-order chi connectivity index (χ1) is 12.7. The predicted molar refractivity (Wildman–Crippen MR) is 101 cm³/mol. The molecule has 2 aliphatic rings. The summed E-state index contributed by atoms with van der Waals surface area (Å²) in [4.78, 5) is 14.1. The van der Waals surface area contributed by atoms with Gasteiger partial charge in [0.2, 0.25) is 0 Å². The molecule has 0 unspecified atom stereocenters. The lowest BCUT2D eigenvalue weighted by molar-refractivity contribution is 0.0260. The molecule has 136 valence electrons. The van der Waals surface area contributed by atoms with Crippen LogP contribution in [0, 0.1) is 0 Å². The van der Waals surface area contributed by atoms with E-state index in [1.165, 1.54) is 6.42 Å². The average molecular weight is 351 g/mol. The number of benzene rings is 2. The number of ether oxygens (including phenoxy) is 2. The number of hydrogen-bond donors (Lipinski definition) is 0. The van der Waals surface area contributed by atoms with Gasteiger partial charge in [0.15, 0.2) is 0 Å². The Balaban J connectivity index is 1.43. The Morgan fingerprint density at radius 1 is 0.962 bits per heavy atom. The molecule has 4 rings (SSSR count). The Kier molecular flexibility index (Phi) is 4.58. The van der Waals surface area contributed by atoms with Gasteiger partial charge < -0.3 is 9.47 Å². The van der Waals surface area contributed by atoms with E-state index in [4.69, 9.17) is 9.47 Å². The largest absolute Gasteiger partial charge is 0.497 e. The molecule has 2 aromatic rings. The highest BCUT2D eigenvalue weighted by atomic mass is 16.6. The monoisotopic (exact) mass is 351 g/mol. The summed E-state index contributed by atoms with van der Waals surface area (Å²) >= 11 is 0. The van der Waals surface area contributed by atoms with Crippen molar-refractivity contribution < 1.29 is 14.3 Å². The molecule has 4 heteroatoms. The smallest absolute Gasteiger partial charge is 0.410 e. The minimum Gasteiger partial charge on any atom is -0.497 e. The van der Waals surface area contributed by atoms with Crippen LogP contribution in [-0.4, -0.2) is 30.2 Å². The molecule has 1 heterocycles. The molecule has 0 aromatic heterocycles. The highest BCUT2D eigenvalue weighted by molar-refractivity contribution is 5.71. The number of amides is 1. The van der Waals surface area contributed by atoms with Crippen molar-refractivity contribution in [2.75, 3.05) is 13.7 Å². The van der Waals surface area contributed by atoms with Crippen molar-refractivity contribution in [3.05, 3.63) is 54.1 Å². The van der Waals surface area contributed by atoms with Crippen molar-refractivity contribution in [2.24, 2.45) is 0 Å². The van der Waals surface area contributed by atoms with Gasteiger partial charge in [-0.1, -0.05) is 42.8 Å². The second kappa shape index (κ2) is 7.02. The van der Waals surface area contributed by atoms with Crippen molar-refractivity contribution in [1.29, 1.82) is 0 Å². The van der Waals surface area contributed by atoms with E-state index in [-0.39, 0.29) is 11.7 Å². The number of carbonyl (C=O) groups is 1. The fraction of sp³-hybridized carbons (Fsp3) is 0.409. The van der Waals surface area contributed by atoms with Crippen LogP contribution in [0.1, 0.15) is 37.7 Å². The lowest BCUT2D eigenvalue weighted by Gasteiger charge is -2.30. The summed E-state index contributed by atoms with van der Waals surface area (Å²) in [5.41, 5.74) is 3.22. The second-order valence-corrected chi connectivity index (χ2v) is 7.39. The molecule has 26 heavy (non-hydrogen) atoms. The minimum atomic E-state index is -0.224. The van der Waals surface area contributed by atoms with Crippen LogP contribution in [0.15, 0.2) is 48.5 Å². The summed E-state index contributed by atoms with van der Waals surface area (Å²) in [6, 6.07) is 16.4. The van der Waals surface area contributed by atoms with E-state index in [9.17, 15) is 4.79 Å². The molecular formula is C22H25NO3. The van der Waals surface area contributed by atoms with Gasteiger partial charge in [0, 0.05) is 6.54 Å². The maximum absolute atomic E-state index is 12.3. The molecule has 2 fully saturated rings. The molecule has 1 aliphatic carbocycles. The predicted octanol–water partition coefficient (Wildman–Crippen LogP) is 5.02. The summed E-state index contributed by atoms with van der Waals surface area (Å²) in [7, 11) is 1.67. The zero-order valence-electron chi connectivity index (χ0n) is 15.2. The van der Waals surface area contributed by atoms with Crippen molar-refractivity contribution in [2.45, 2.75) is 44.2 Å². The fourth-order valence-corrected chi connectivity index (χ4v) is 4.08. The Labute approximate surface area is 154 Å². The molecule has 4 nitrogen and oxygen atoms in total. The fourth-order valence-electron chi connectivity index (χ4n) is 4.08. The Morgan fingerprint density at radius 3 is 2.19 bits per heavy atom. The molecule has 1 saturated heterocycles. The van der Waals surface area contributed by atoms with Gasteiger partial charge in [0.1, 0.15) is 11.4 Å². The third kappa shape index (κ3) is 3.41. The minimum absolute atomic E-state index is 0.161. The SMILES string of the molecule is COc1ccc(-c2ccc(CN3CC4(CCCCC4)OC3=O)cc2)cc1. The Hall–Kier alpha value is -2.49. The van der Waals surface area contributed by atoms with Crippen molar-refractivity contribution in [1.82, 2.24) is 4.90 Å². The summed E-state index contributed by atoms with van der Waals surface area (Å²) in [6.07, 6.45) is 5.44. The van der Waals surface area contributed by atoms with Gasteiger partial charge in [0.05, 0.1) is 13.7 Å². The summed E-state index contributed by atoms with van der Waals surface area (Å²) in [5.74, 6) is 0.856. The molecule has 0 N–H and O–H groups in total. The number of rotatable bonds is 4. The number of methoxy groups -OCH3 is 1. The standard InChI is InChI=1S/C22H25NO3/c1-25-20-11-9-19(10-12-20)18-7-5-17(6-8-18)15-23-16-22(26-21(23)24)13-3-2-4-14-22/h5-12H,2-4,13-16H2,1H3. The molecule has 0 bridgehead atoms. The van der Waals surface area contributed by atoms with Crippen LogP contribution in [0.5, 0.6) is 5.75 Å². The highest BCUT2D eigenvalue weighted by Gasteiger charge is 2.45. The van der Waals surface area contributed by atoms with Crippen molar-refractivity contribution in [3.63, 3.8) is 0 Å². The topological polar surface area (TPSA) is 38.8 Å². The average Bonchev–Trinajstić information content (AvgIpc) is 2.97. The first-order valence-electron chi connectivity index (χ1n) is 9.39. The summed E-state index contributed by atoms with van der Waals surface area (Å²) in [6.45, 7) is 1.34. The molecule has 2 aromatic carbocycles. The lowest BCUT2D eigenvalue weighted by atomic mass is 9.85. The molecule has 0 radical (unpaired) electrons. The van der Waals surface area contributed by atoms with Crippen LogP contribution in [0.2, 0.25) is 0 Å². The number of carbonyl (C=O) groups excluding carboxylic acids is 1. The summed E-state index contributed by atoms with van der Waals surface area (Å²) < 4.78 is 11.0. The van der Waals surface area contributed by atoms with Gasteiger partial charge in [0.25, 0.3) is 0 Å². The molecular weight excluding hydrogens is 326 g/mol. The lowest BCUT2D eigenvalue weighted by Crippen LogP contribution is -2.36. The first-order valence-corrected chi connectivity index (χ1v) is 9.39. The Morgan fingerprint density at radius 2 is 1.58 bits per heavy atom. The van der Waals surface area contributed by atoms with E-state index < -0.39 is 0 Å². The van der Waals surface area contributed by atoms with E-state index in [2.05, 4.69) is 36.4 Å². The van der Waals surface area contributed by atoms with Gasteiger partial charge in [-0.05, 0) is 54.5 Å². The third-order valence-corrected chi connectivity index (χ3v) is 5.56. The van der Waals surface area contributed by atoms with Crippen molar-refractivity contribution >= 4 is 6.09 Å². The normalized spacial score (nSPS) is 18.8. The van der Waals surface area contributed by atoms with E-state index in [0.29, 0.717) is 6.54 Å². The van der Waals surface area contributed by atoms with E-state index >= 15 is 0 Å². The quantitative estimate of drug-likeness (QED) is 0.776. The molecule has 1 saturated carbocycles. The van der Waals surface area contributed by atoms with Crippen LogP contribution in [0.3, 0.4) is 0 Å². The highest BCUT2D eigenvalue weighted by Crippen LogP contribution is 2.37. The molecule has 1 spiro atoms. The Bertz CT molecular complexity index is 761. The van der Waals surface area contributed by atoms with Gasteiger partial charge in [-0.3, -0.25) is 4.90 Å². The van der Waals surface area contributed by atoms with Gasteiger partial charge >= 0.3 is 6.09 Å². The maximum Gasteiger partial charge on any atom is 0.410 e. The van der Waals surface area contributed by atoms with Gasteiger partial charge in [-0.2, -0.15) is 0 Å². The van der Waals surface area contributed by atoms with Gasteiger partial charge in [-0.25, -0.2) is 4.79 Å². The van der Waals surface area contributed by atoms with Crippen LogP contribution < -0.4 is 4.74 Å². The van der Waals surface area contributed by atoms with Crippen LogP contribution in [0.25, 0.3) is 11.1 Å². The van der Waals surface area contributed by atoms with Gasteiger partial charge in [-0.15, -0.1) is 0 Å².